The van der Waals surface area contributed by atoms with E-state index in [0.29, 0.717) is 13.1 Å². The van der Waals surface area contributed by atoms with Crippen LogP contribution in [0.15, 0.2) is 18.2 Å². The van der Waals surface area contributed by atoms with Crippen LogP contribution in [0.4, 0.5) is 0 Å². The summed E-state index contributed by atoms with van der Waals surface area (Å²) in [6.07, 6.45) is -1.59. The van der Waals surface area contributed by atoms with Crippen LogP contribution in [0.5, 0.6) is 0 Å². The van der Waals surface area contributed by atoms with Gasteiger partial charge in [-0.05, 0) is 43.4 Å². The molecule has 1 aliphatic carbocycles. The molecule has 3 rings (SSSR count). The lowest BCUT2D eigenvalue weighted by Crippen LogP contribution is -2.55. The van der Waals surface area contributed by atoms with Crippen LogP contribution in [0.2, 0.25) is 0 Å². The third-order valence-corrected chi connectivity index (χ3v) is 5.93. The van der Waals surface area contributed by atoms with Crippen molar-refractivity contribution in [3.05, 3.63) is 34.9 Å². The van der Waals surface area contributed by atoms with E-state index in [1.165, 1.54) is 5.56 Å². The molecule has 0 aromatic heterocycles. The minimum absolute atomic E-state index is 0. The molecule has 1 aliphatic heterocycles. The molecule has 0 unspecified atom stereocenters. The number of benzene rings is 1. The maximum atomic E-state index is 12.8. The molecule has 1 saturated carbocycles. The fourth-order valence-corrected chi connectivity index (χ4v) is 4.38. The van der Waals surface area contributed by atoms with Crippen LogP contribution in [0.3, 0.4) is 0 Å². The number of aliphatic hydroxyl groups excluding tert-OH is 2. The van der Waals surface area contributed by atoms with Crippen molar-refractivity contribution in [2.24, 2.45) is 23.7 Å². The Morgan fingerprint density at radius 1 is 1.20 bits per heavy atom. The second kappa shape index (κ2) is 8.04. The molecule has 0 radical (unpaired) electrons. The normalized spacial score (nSPS) is 34.1. The van der Waals surface area contributed by atoms with Crippen LogP contribution in [0.1, 0.15) is 23.6 Å². The number of aliphatic hydroxyl groups is 2. The van der Waals surface area contributed by atoms with Crippen LogP contribution in [-0.4, -0.2) is 41.4 Å². The molecular weight excluding hydrogens is 340 g/mol. The van der Waals surface area contributed by atoms with Gasteiger partial charge in [0.25, 0.3) is 0 Å². The summed E-state index contributed by atoms with van der Waals surface area (Å²) < 4.78 is 0. The number of halogens is 1. The first-order valence-electron chi connectivity index (χ1n) is 8.81. The molecule has 2 fully saturated rings. The zero-order chi connectivity index (χ0) is 17.4. The third-order valence-electron chi connectivity index (χ3n) is 5.93. The first-order chi connectivity index (χ1) is 11.4. The van der Waals surface area contributed by atoms with E-state index in [1.807, 2.05) is 20.8 Å². The Morgan fingerprint density at radius 3 is 2.60 bits per heavy atom. The highest BCUT2D eigenvalue weighted by atomic mass is 35.5. The van der Waals surface area contributed by atoms with Crippen LogP contribution in [0.25, 0.3) is 0 Å². The molecule has 4 N–H and O–H groups in total. The Bertz CT molecular complexity index is 625. The first-order valence-corrected chi connectivity index (χ1v) is 8.81. The fourth-order valence-electron chi connectivity index (χ4n) is 4.38. The van der Waals surface area contributed by atoms with Gasteiger partial charge in [0.1, 0.15) is 0 Å². The SMILES string of the molecule is Cc1ccc(C)c(CNC(=O)[C@H]2[C@@H](C)[C@H](O)[C@@H](O)[C@H]3CNC[C@@H]32)c1.Cl. The molecule has 5 nitrogen and oxygen atoms in total. The lowest BCUT2D eigenvalue weighted by atomic mass is 9.65. The third kappa shape index (κ3) is 3.85. The Hall–Kier alpha value is -1.14. The summed E-state index contributed by atoms with van der Waals surface area (Å²) >= 11 is 0. The van der Waals surface area contributed by atoms with Crippen LogP contribution in [0, 0.1) is 37.5 Å². The number of fused-ring (bicyclic) bond motifs is 1. The fraction of sp³-hybridized carbons (Fsp3) is 0.632. The van der Waals surface area contributed by atoms with Gasteiger partial charge in [0.2, 0.25) is 5.91 Å². The highest BCUT2D eigenvalue weighted by Crippen LogP contribution is 2.41. The lowest BCUT2D eigenvalue weighted by molar-refractivity contribution is -0.146. The van der Waals surface area contributed by atoms with Crippen molar-refractivity contribution in [3.63, 3.8) is 0 Å². The van der Waals surface area contributed by atoms with E-state index >= 15 is 0 Å². The molecular formula is C19H29ClN2O3. The van der Waals surface area contributed by atoms with Gasteiger partial charge in [-0.2, -0.15) is 0 Å². The zero-order valence-corrected chi connectivity index (χ0v) is 15.8. The maximum Gasteiger partial charge on any atom is 0.224 e. The van der Waals surface area contributed by atoms with Gasteiger partial charge in [-0.3, -0.25) is 4.79 Å². The lowest BCUT2D eigenvalue weighted by Gasteiger charge is -2.43. The van der Waals surface area contributed by atoms with Crippen LogP contribution in [-0.2, 0) is 11.3 Å². The van der Waals surface area contributed by atoms with Gasteiger partial charge in [0.15, 0.2) is 0 Å². The molecule has 1 heterocycles. The Labute approximate surface area is 155 Å². The molecule has 0 bridgehead atoms. The highest BCUT2D eigenvalue weighted by Gasteiger charge is 2.52. The number of rotatable bonds is 3. The van der Waals surface area contributed by atoms with Gasteiger partial charge < -0.3 is 20.8 Å². The topological polar surface area (TPSA) is 81.6 Å². The van der Waals surface area contributed by atoms with E-state index in [2.05, 4.69) is 28.8 Å². The Kier molecular flexibility index (Phi) is 6.49. The summed E-state index contributed by atoms with van der Waals surface area (Å²) in [5.41, 5.74) is 3.46. The van der Waals surface area contributed by atoms with E-state index in [0.717, 1.165) is 17.7 Å². The van der Waals surface area contributed by atoms with Crippen molar-refractivity contribution in [3.8, 4) is 0 Å². The Balaban J connectivity index is 0.00000225. The molecule has 2 aliphatic rings. The predicted octanol–water partition coefficient (Wildman–Crippen LogP) is 1.16. The minimum Gasteiger partial charge on any atom is -0.390 e. The summed E-state index contributed by atoms with van der Waals surface area (Å²) in [7, 11) is 0. The number of hydrogen-bond acceptors (Lipinski definition) is 4. The zero-order valence-electron chi connectivity index (χ0n) is 15.0. The number of nitrogens with one attached hydrogen (secondary N) is 2. The number of carbonyl (C=O) groups is 1. The average Bonchev–Trinajstić information content (AvgIpc) is 3.03. The number of amides is 1. The van der Waals surface area contributed by atoms with Gasteiger partial charge in [-0.15, -0.1) is 12.4 Å². The average molecular weight is 369 g/mol. The van der Waals surface area contributed by atoms with Crippen LogP contribution < -0.4 is 10.6 Å². The number of carbonyl (C=O) groups excluding carboxylic acids is 1. The second-order valence-electron chi connectivity index (χ2n) is 7.50. The molecule has 6 atom stereocenters. The standard InChI is InChI=1S/C19H28N2O3.ClH/c1-10-4-5-11(2)13(6-10)7-21-19(24)16-12(3)17(22)18(23)15-9-20-8-14(15)16;/h4-6,12,14-18,20,22-23H,7-9H2,1-3H3,(H,21,24);1H/t12-,14+,15+,16+,17+,18+;/m1./s1. The van der Waals surface area contributed by atoms with Crippen molar-refractivity contribution in [1.29, 1.82) is 0 Å². The molecule has 25 heavy (non-hydrogen) atoms. The maximum absolute atomic E-state index is 12.8. The molecule has 1 amide bonds. The van der Waals surface area contributed by atoms with Gasteiger partial charge in [-0.25, -0.2) is 0 Å². The largest absolute Gasteiger partial charge is 0.390 e. The van der Waals surface area contributed by atoms with Gasteiger partial charge in [0.05, 0.1) is 12.2 Å². The number of hydrogen-bond donors (Lipinski definition) is 4. The summed E-state index contributed by atoms with van der Waals surface area (Å²) in [4.78, 5) is 12.8. The van der Waals surface area contributed by atoms with E-state index in [9.17, 15) is 15.0 Å². The predicted molar refractivity (Wildman–Crippen MR) is 99.5 cm³/mol. The smallest absolute Gasteiger partial charge is 0.224 e. The minimum atomic E-state index is -0.845. The van der Waals surface area contributed by atoms with Gasteiger partial charge in [-0.1, -0.05) is 30.7 Å². The summed E-state index contributed by atoms with van der Waals surface area (Å²) in [6.45, 7) is 7.84. The summed E-state index contributed by atoms with van der Waals surface area (Å²) in [5, 5.41) is 26.9. The van der Waals surface area contributed by atoms with E-state index in [-0.39, 0.29) is 42.0 Å². The van der Waals surface area contributed by atoms with E-state index < -0.39 is 12.2 Å². The summed E-state index contributed by atoms with van der Waals surface area (Å²) in [6, 6.07) is 6.23. The Morgan fingerprint density at radius 2 is 1.88 bits per heavy atom. The van der Waals surface area contributed by atoms with Crippen molar-refractivity contribution in [1.82, 2.24) is 10.6 Å². The van der Waals surface area contributed by atoms with Gasteiger partial charge >= 0.3 is 0 Å². The quantitative estimate of drug-likeness (QED) is 0.645. The molecule has 1 aromatic carbocycles. The van der Waals surface area contributed by atoms with E-state index in [4.69, 9.17) is 0 Å². The highest BCUT2D eigenvalue weighted by molar-refractivity contribution is 5.85. The first kappa shape index (κ1) is 20.2. The molecule has 1 aromatic rings. The van der Waals surface area contributed by atoms with Crippen LogP contribution >= 0.6 is 12.4 Å². The molecule has 140 valence electrons. The van der Waals surface area contributed by atoms with Gasteiger partial charge in [0, 0.05) is 24.9 Å². The monoisotopic (exact) mass is 368 g/mol. The van der Waals surface area contributed by atoms with Crippen molar-refractivity contribution < 1.29 is 15.0 Å². The van der Waals surface area contributed by atoms with Crippen molar-refractivity contribution >= 4 is 18.3 Å². The van der Waals surface area contributed by atoms with E-state index in [1.54, 1.807) is 0 Å². The molecule has 0 spiro atoms. The second-order valence-corrected chi connectivity index (χ2v) is 7.50. The molecule has 1 saturated heterocycles. The number of aryl methyl sites for hydroxylation is 2. The molecule has 6 heteroatoms. The summed E-state index contributed by atoms with van der Waals surface area (Å²) in [5.74, 6) is -0.508. The van der Waals surface area contributed by atoms with Crippen molar-refractivity contribution in [2.75, 3.05) is 13.1 Å². The van der Waals surface area contributed by atoms with Crippen molar-refractivity contribution in [2.45, 2.75) is 39.5 Å².